The molecule has 1 atom stereocenters. The maximum Gasteiger partial charge on any atom is 0.230 e. The van der Waals surface area contributed by atoms with Crippen LogP contribution in [0.1, 0.15) is 36.1 Å². The number of hydrogen-bond donors (Lipinski definition) is 1. The van der Waals surface area contributed by atoms with Crippen LogP contribution < -0.4 is 5.32 Å². The maximum atomic E-state index is 13.7. The third kappa shape index (κ3) is 3.96. The Morgan fingerprint density at radius 3 is 2.79 bits per heavy atom. The first-order valence-electron chi connectivity index (χ1n) is 8.02. The van der Waals surface area contributed by atoms with Crippen molar-refractivity contribution in [2.45, 2.75) is 37.1 Å². The third-order valence-electron chi connectivity index (χ3n) is 4.24. The summed E-state index contributed by atoms with van der Waals surface area (Å²) in [5, 5.41) is 2.72. The van der Waals surface area contributed by atoms with E-state index in [0.29, 0.717) is 0 Å². The second-order valence-corrected chi connectivity index (χ2v) is 7.08. The quantitative estimate of drug-likeness (QED) is 0.811. The Balaban J connectivity index is 1.56. The van der Waals surface area contributed by atoms with Crippen LogP contribution in [-0.2, 0) is 17.6 Å². The smallest absolute Gasteiger partial charge is 0.230 e. The van der Waals surface area contributed by atoms with E-state index in [4.69, 9.17) is 0 Å². The van der Waals surface area contributed by atoms with Crippen LogP contribution in [0.5, 0.6) is 0 Å². The number of fused-ring (bicyclic) bond motifs is 1. The van der Waals surface area contributed by atoms with E-state index < -0.39 is 17.7 Å². The van der Waals surface area contributed by atoms with E-state index in [-0.39, 0.29) is 17.2 Å². The summed E-state index contributed by atoms with van der Waals surface area (Å²) < 4.78 is 27.0. The van der Waals surface area contributed by atoms with Gasteiger partial charge in [-0.05, 0) is 67.6 Å². The van der Waals surface area contributed by atoms with E-state index >= 15 is 0 Å². The summed E-state index contributed by atoms with van der Waals surface area (Å²) in [5.74, 6) is -0.979. The summed E-state index contributed by atoms with van der Waals surface area (Å²) in [7, 11) is 0. The van der Waals surface area contributed by atoms with Crippen LogP contribution >= 0.6 is 11.8 Å². The van der Waals surface area contributed by atoms with E-state index in [1.165, 1.54) is 29.3 Å². The number of carbonyl (C=O) groups is 1. The van der Waals surface area contributed by atoms with Crippen molar-refractivity contribution in [2.75, 3.05) is 5.75 Å². The molecule has 0 fully saturated rings. The molecule has 1 aliphatic carbocycles. The van der Waals surface area contributed by atoms with Gasteiger partial charge in [-0.25, -0.2) is 8.78 Å². The summed E-state index contributed by atoms with van der Waals surface area (Å²) in [6, 6.07) is 9.01. The van der Waals surface area contributed by atoms with E-state index in [1.807, 2.05) is 6.07 Å². The standard InChI is InChI=1S/C19H19F2NOS/c1-12(17-10-15(20)6-8-18(17)21)22-19(23)11-24-16-7-5-13-3-2-4-14(13)9-16/h5-10,12H,2-4,11H2,1H3,(H,22,23). The minimum absolute atomic E-state index is 0.158. The fourth-order valence-corrected chi connectivity index (χ4v) is 3.77. The Bertz CT molecular complexity index is 763. The highest BCUT2D eigenvalue weighted by Gasteiger charge is 2.15. The lowest BCUT2D eigenvalue weighted by molar-refractivity contribution is -0.119. The molecule has 2 nitrogen and oxygen atoms in total. The SMILES string of the molecule is CC(NC(=O)CSc1ccc2c(c1)CCC2)c1cc(F)ccc1F. The number of carbonyl (C=O) groups excluding carboxylic acids is 1. The number of halogens is 2. The molecule has 0 saturated heterocycles. The van der Waals surface area contributed by atoms with Gasteiger partial charge in [0.2, 0.25) is 5.91 Å². The molecule has 1 N–H and O–H groups in total. The van der Waals surface area contributed by atoms with Crippen molar-refractivity contribution in [3.05, 3.63) is 64.7 Å². The van der Waals surface area contributed by atoms with Crippen LogP contribution in [0.25, 0.3) is 0 Å². The van der Waals surface area contributed by atoms with Crippen molar-refractivity contribution < 1.29 is 13.6 Å². The second kappa shape index (κ2) is 7.34. The van der Waals surface area contributed by atoms with Gasteiger partial charge in [0.1, 0.15) is 11.6 Å². The van der Waals surface area contributed by atoms with Crippen molar-refractivity contribution >= 4 is 17.7 Å². The summed E-state index contributed by atoms with van der Waals surface area (Å²) in [4.78, 5) is 13.1. The highest BCUT2D eigenvalue weighted by Crippen LogP contribution is 2.27. The number of nitrogens with one attached hydrogen (secondary N) is 1. The fraction of sp³-hybridized carbons (Fsp3) is 0.316. The zero-order chi connectivity index (χ0) is 17.1. The molecule has 0 heterocycles. The highest BCUT2D eigenvalue weighted by atomic mass is 32.2. The van der Waals surface area contributed by atoms with Gasteiger partial charge < -0.3 is 5.32 Å². The lowest BCUT2D eigenvalue weighted by Gasteiger charge is -2.15. The number of rotatable bonds is 5. The molecule has 1 amide bonds. The monoisotopic (exact) mass is 347 g/mol. The number of thioether (sulfide) groups is 1. The van der Waals surface area contributed by atoms with Crippen LogP contribution in [0.3, 0.4) is 0 Å². The molecule has 0 radical (unpaired) electrons. The molecule has 0 saturated carbocycles. The molecule has 2 aromatic rings. The summed E-state index contributed by atoms with van der Waals surface area (Å²) in [6.45, 7) is 1.65. The Labute approximate surface area is 144 Å². The first-order valence-corrected chi connectivity index (χ1v) is 9.00. The van der Waals surface area contributed by atoms with E-state index in [2.05, 4.69) is 17.4 Å². The summed E-state index contributed by atoms with van der Waals surface area (Å²) in [5.41, 5.74) is 2.93. The van der Waals surface area contributed by atoms with E-state index in [1.54, 1.807) is 6.92 Å². The molecule has 2 aromatic carbocycles. The molecule has 0 aliphatic heterocycles. The molecule has 1 aliphatic rings. The summed E-state index contributed by atoms with van der Waals surface area (Å²) >= 11 is 1.46. The zero-order valence-electron chi connectivity index (χ0n) is 13.4. The van der Waals surface area contributed by atoms with Crippen LogP contribution in [0, 0.1) is 11.6 Å². The molecule has 0 aromatic heterocycles. The van der Waals surface area contributed by atoms with Gasteiger partial charge in [-0.1, -0.05) is 6.07 Å². The normalized spacial score (nSPS) is 14.3. The van der Waals surface area contributed by atoms with Gasteiger partial charge in [-0.15, -0.1) is 11.8 Å². The van der Waals surface area contributed by atoms with Crippen LogP contribution in [0.4, 0.5) is 8.78 Å². The predicted octanol–water partition coefficient (Wildman–Crippen LogP) is 4.42. The first-order chi connectivity index (χ1) is 11.5. The Kier molecular flexibility index (Phi) is 5.19. The van der Waals surface area contributed by atoms with Gasteiger partial charge >= 0.3 is 0 Å². The molecule has 0 spiro atoms. The minimum Gasteiger partial charge on any atom is -0.349 e. The molecule has 0 bridgehead atoms. The van der Waals surface area contributed by atoms with Crippen molar-refractivity contribution in [1.29, 1.82) is 0 Å². The van der Waals surface area contributed by atoms with Gasteiger partial charge in [-0.2, -0.15) is 0 Å². The maximum absolute atomic E-state index is 13.7. The lowest BCUT2D eigenvalue weighted by Crippen LogP contribution is -2.28. The number of amides is 1. The predicted molar refractivity (Wildman–Crippen MR) is 92.1 cm³/mol. The van der Waals surface area contributed by atoms with Gasteiger partial charge in [-0.3, -0.25) is 4.79 Å². The average Bonchev–Trinajstić information content (AvgIpc) is 3.02. The van der Waals surface area contributed by atoms with Crippen LogP contribution in [0.2, 0.25) is 0 Å². The largest absolute Gasteiger partial charge is 0.349 e. The number of benzene rings is 2. The number of hydrogen-bond acceptors (Lipinski definition) is 2. The lowest BCUT2D eigenvalue weighted by atomic mass is 10.1. The van der Waals surface area contributed by atoms with Crippen molar-refractivity contribution in [3.63, 3.8) is 0 Å². The van der Waals surface area contributed by atoms with E-state index in [9.17, 15) is 13.6 Å². The molecule has 1 unspecified atom stereocenters. The van der Waals surface area contributed by atoms with Gasteiger partial charge in [0, 0.05) is 10.5 Å². The first kappa shape index (κ1) is 17.0. The van der Waals surface area contributed by atoms with Crippen molar-refractivity contribution in [2.24, 2.45) is 0 Å². The molecule has 3 rings (SSSR count). The molecule has 126 valence electrons. The zero-order valence-corrected chi connectivity index (χ0v) is 14.3. The van der Waals surface area contributed by atoms with Crippen LogP contribution in [-0.4, -0.2) is 11.7 Å². The fourth-order valence-electron chi connectivity index (χ4n) is 2.99. The van der Waals surface area contributed by atoms with Crippen molar-refractivity contribution in [3.8, 4) is 0 Å². The Morgan fingerprint density at radius 2 is 1.96 bits per heavy atom. The minimum atomic E-state index is -0.575. The van der Waals surface area contributed by atoms with Crippen molar-refractivity contribution in [1.82, 2.24) is 5.32 Å². The van der Waals surface area contributed by atoms with Crippen LogP contribution in [0.15, 0.2) is 41.3 Å². The Hall–Kier alpha value is -1.88. The number of aryl methyl sites for hydroxylation is 2. The van der Waals surface area contributed by atoms with E-state index in [0.717, 1.165) is 35.9 Å². The topological polar surface area (TPSA) is 29.1 Å². The second-order valence-electron chi connectivity index (χ2n) is 6.03. The molecular formula is C19H19F2NOS. The molecular weight excluding hydrogens is 328 g/mol. The van der Waals surface area contributed by atoms with Gasteiger partial charge in [0.25, 0.3) is 0 Å². The molecule has 24 heavy (non-hydrogen) atoms. The summed E-state index contributed by atoms with van der Waals surface area (Å²) in [6.07, 6.45) is 3.43. The highest BCUT2D eigenvalue weighted by molar-refractivity contribution is 8.00. The third-order valence-corrected chi connectivity index (χ3v) is 5.24. The van der Waals surface area contributed by atoms with Gasteiger partial charge in [0.05, 0.1) is 11.8 Å². The Morgan fingerprint density at radius 1 is 1.17 bits per heavy atom. The van der Waals surface area contributed by atoms with Gasteiger partial charge in [0.15, 0.2) is 0 Å². The molecule has 5 heteroatoms. The average molecular weight is 347 g/mol.